The molecule has 0 aromatic heterocycles. The summed E-state index contributed by atoms with van der Waals surface area (Å²) in [6.45, 7) is 11.8. The van der Waals surface area contributed by atoms with E-state index in [0.717, 1.165) is 12.4 Å². The van der Waals surface area contributed by atoms with Crippen molar-refractivity contribution in [3.05, 3.63) is 29.3 Å². The third-order valence-corrected chi connectivity index (χ3v) is 3.03. The summed E-state index contributed by atoms with van der Waals surface area (Å²) in [6.07, 6.45) is 2.42. The van der Waals surface area contributed by atoms with Crippen LogP contribution in [0.15, 0.2) is 18.2 Å². The Kier molecular flexibility index (Phi) is 4.40. The van der Waals surface area contributed by atoms with Crippen molar-refractivity contribution < 1.29 is 4.74 Å². The van der Waals surface area contributed by atoms with E-state index in [-0.39, 0.29) is 5.41 Å². The van der Waals surface area contributed by atoms with Gasteiger partial charge in [-0.2, -0.15) is 0 Å². The van der Waals surface area contributed by atoms with E-state index in [9.17, 15) is 0 Å². The summed E-state index contributed by atoms with van der Waals surface area (Å²) in [5.41, 5.74) is 2.89. The minimum atomic E-state index is 0.271. The molecule has 0 heterocycles. The van der Waals surface area contributed by atoms with Crippen LogP contribution >= 0.6 is 0 Å². The van der Waals surface area contributed by atoms with Gasteiger partial charge in [-0.25, -0.2) is 0 Å². The summed E-state index contributed by atoms with van der Waals surface area (Å²) in [7, 11) is 0. The molecular weight excluding hydrogens is 196 g/mol. The third kappa shape index (κ3) is 3.88. The minimum Gasteiger partial charge on any atom is -0.493 e. The van der Waals surface area contributed by atoms with Crippen LogP contribution in [0.5, 0.6) is 5.75 Å². The lowest BCUT2D eigenvalue weighted by Crippen LogP contribution is -2.21. The van der Waals surface area contributed by atoms with Crippen LogP contribution in [0.1, 0.15) is 44.7 Å². The summed E-state index contributed by atoms with van der Waals surface area (Å²) in [5.74, 6) is 0.993. The highest BCUT2D eigenvalue weighted by molar-refractivity contribution is 5.33. The summed E-state index contributed by atoms with van der Waals surface area (Å²) in [5, 5.41) is 0. The Bertz CT molecular complexity index is 339. The van der Waals surface area contributed by atoms with Crippen LogP contribution in [0.3, 0.4) is 0 Å². The molecule has 0 amide bonds. The SMILES string of the molecule is CCCC(C)(C)COc1ccc(C)c(C)c1. The van der Waals surface area contributed by atoms with Crippen molar-refractivity contribution in [3.63, 3.8) is 0 Å². The van der Waals surface area contributed by atoms with Gasteiger partial charge in [-0.05, 0) is 48.9 Å². The standard InChI is InChI=1S/C15H24O/c1-6-9-15(4,5)11-16-14-8-7-12(2)13(3)10-14/h7-8,10H,6,9,11H2,1-5H3. The van der Waals surface area contributed by atoms with Crippen molar-refractivity contribution in [3.8, 4) is 5.75 Å². The van der Waals surface area contributed by atoms with Crippen molar-refractivity contribution >= 4 is 0 Å². The Labute approximate surface area is 99.8 Å². The number of aryl methyl sites for hydroxylation is 2. The summed E-state index contributed by atoms with van der Waals surface area (Å²) in [6, 6.07) is 6.30. The molecule has 90 valence electrons. The van der Waals surface area contributed by atoms with Gasteiger partial charge in [0.2, 0.25) is 0 Å². The summed E-state index contributed by atoms with van der Waals surface area (Å²) < 4.78 is 5.86. The molecule has 0 saturated carbocycles. The Morgan fingerprint density at radius 2 is 1.81 bits per heavy atom. The first-order chi connectivity index (χ1) is 7.44. The molecule has 0 unspecified atom stereocenters. The zero-order valence-electron chi connectivity index (χ0n) is 11.3. The van der Waals surface area contributed by atoms with Crippen molar-refractivity contribution in [1.82, 2.24) is 0 Å². The molecule has 0 bridgehead atoms. The second-order valence-corrected chi connectivity index (χ2v) is 5.45. The number of hydrogen-bond acceptors (Lipinski definition) is 1. The van der Waals surface area contributed by atoms with E-state index in [1.165, 1.54) is 24.0 Å². The summed E-state index contributed by atoms with van der Waals surface area (Å²) >= 11 is 0. The van der Waals surface area contributed by atoms with Gasteiger partial charge in [0.15, 0.2) is 0 Å². The number of rotatable bonds is 5. The first-order valence-corrected chi connectivity index (χ1v) is 6.15. The van der Waals surface area contributed by atoms with E-state index >= 15 is 0 Å². The maximum absolute atomic E-state index is 5.86. The summed E-state index contributed by atoms with van der Waals surface area (Å²) in [4.78, 5) is 0. The molecule has 0 fully saturated rings. The van der Waals surface area contributed by atoms with Crippen molar-refractivity contribution in [2.75, 3.05) is 6.61 Å². The fraction of sp³-hybridized carbons (Fsp3) is 0.600. The van der Waals surface area contributed by atoms with E-state index in [2.05, 4.69) is 52.8 Å². The Morgan fingerprint density at radius 1 is 1.12 bits per heavy atom. The normalized spacial score (nSPS) is 11.6. The average Bonchev–Trinajstić information content (AvgIpc) is 2.20. The molecule has 1 nitrogen and oxygen atoms in total. The second kappa shape index (κ2) is 5.38. The molecule has 1 aromatic carbocycles. The van der Waals surface area contributed by atoms with Crippen LogP contribution in [0.4, 0.5) is 0 Å². The largest absolute Gasteiger partial charge is 0.493 e. The molecule has 1 rings (SSSR count). The molecule has 0 aliphatic rings. The Hall–Kier alpha value is -0.980. The molecule has 0 spiro atoms. The Balaban J connectivity index is 2.57. The molecule has 1 heteroatoms. The average molecular weight is 220 g/mol. The van der Waals surface area contributed by atoms with Crippen LogP contribution < -0.4 is 4.74 Å². The van der Waals surface area contributed by atoms with Crippen molar-refractivity contribution in [2.45, 2.75) is 47.5 Å². The zero-order chi connectivity index (χ0) is 12.2. The van der Waals surface area contributed by atoms with Gasteiger partial charge in [0, 0.05) is 0 Å². The predicted octanol–water partition coefficient (Wildman–Crippen LogP) is 4.51. The van der Waals surface area contributed by atoms with Gasteiger partial charge in [-0.3, -0.25) is 0 Å². The molecule has 16 heavy (non-hydrogen) atoms. The highest BCUT2D eigenvalue weighted by Gasteiger charge is 2.17. The van der Waals surface area contributed by atoms with Crippen LogP contribution in [0.2, 0.25) is 0 Å². The minimum absolute atomic E-state index is 0.271. The van der Waals surface area contributed by atoms with Gasteiger partial charge in [0.05, 0.1) is 6.61 Å². The maximum atomic E-state index is 5.86. The number of hydrogen-bond donors (Lipinski definition) is 0. The third-order valence-electron chi connectivity index (χ3n) is 3.03. The topological polar surface area (TPSA) is 9.23 Å². The van der Waals surface area contributed by atoms with E-state index < -0.39 is 0 Å². The van der Waals surface area contributed by atoms with E-state index in [0.29, 0.717) is 0 Å². The monoisotopic (exact) mass is 220 g/mol. The molecule has 0 N–H and O–H groups in total. The molecular formula is C15H24O. The first-order valence-electron chi connectivity index (χ1n) is 6.15. The molecule has 0 aliphatic carbocycles. The fourth-order valence-electron chi connectivity index (χ4n) is 1.83. The van der Waals surface area contributed by atoms with E-state index in [1.807, 2.05) is 0 Å². The van der Waals surface area contributed by atoms with Gasteiger partial charge in [-0.1, -0.05) is 33.3 Å². The molecule has 0 radical (unpaired) electrons. The number of benzene rings is 1. The zero-order valence-corrected chi connectivity index (χ0v) is 11.3. The molecule has 0 atom stereocenters. The second-order valence-electron chi connectivity index (χ2n) is 5.45. The quantitative estimate of drug-likeness (QED) is 0.709. The molecule has 1 aromatic rings. The smallest absolute Gasteiger partial charge is 0.119 e. The lowest BCUT2D eigenvalue weighted by Gasteiger charge is -2.24. The molecule has 0 aliphatic heterocycles. The van der Waals surface area contributed by atoms with Crippen molar-refractivity contribution in [1.29, 1.82) is 0 Å². The van der Waals surface area contributed by atoms with Crippen LogP contribution in [0.25, 0.3) is 0 Å². The van der Waals surface area contributed by atoms with Crippen LogP contribution in [-0.2, 0) is 0 Å². The first kappa shape index (κ1) is 13.1. The van der Waals surface area contributed by atoms with Gasteiger partial charge >= 0.3 is 0 Å². The highest BCUT2D eigenvalue weighted by atomic mass is 16.5. The van der Waals surface area contributed by atoms with Crippen LogP contribution in [-0.4, -0.2) is 6.61 Å². The van der Waals surface area contributed by atoms with Gasteiger partial charge in [0.25, 0.3) is 0 Å². The van der Waals surface area contributed by atoms with Gasteiger partial charge in [0.1, 0.15) is 5.75 Å². The lowest BCUT2D eigenvalue weighted by atomic mass is 9.89. The highest BCUT2D eigenvalue weighted by Crippen LogP contribution is 2.24. The molecule has 0 saturated heterocycles. The fourth-order valence-corrected chi connectivity index (χ4v) is 1.83. The van der Waals surface area contributed by atoms with E-state index in [1.54, 1.807) is 0 Å². The van der Waals surface area contributed by atoms with Gasteiger partial charge < -0.3 is 4.74 Å². The number of ether oxygens (including phenoxy) is 1. The Morgan fingerprint density at radius 3 is 2.38 bits per heavy atom. The maximum Gasteiger partial charge on any atom is 0.119 e. The lowest BCUT2D eigenvalue weighted by molar-refractivity contribution is 0.168. The van der Waals surface area contributed by atoms with Crippen molar-refractivity contribution in [2.24, 2.45) is 5.41 Å². The van der Waals surface area contributed by atoms with Gasteiger partial charge in [-0.15, -0.1) is 0 Å². The van der Waals surface area contributed by atoms with Crippen LogP contribution in [0, 0.1) is 19.3 Å². The predicted molar refractivity (Wildman–Crippen MR) is 70.1 cm³/mol. The van der Waals surface area contributed by atoms with E-state index in [4.69, 9.17) is 4.74 Å².